The van der Waals surface area contributed by atoms with E-state index in [0.717, 1.165) is 18.8 Å². The van der Waals surface area contributed by atoms with Crippen LogP contribution in [0.15, 0.2) is 36.7 Å². The molecular weight excluding hydrogens is 368 g/mol. The molecular formula is C21H26N6O2. The number of hydrogen-bond donors (Lipinski definition) is 1. The van der Waals surface area contributed by atoms with Gasteiger partial charge in [-0.1, -0.05) is 0 Å². The average Bonchev–Trinajstić information content (AvgIpc) is 3.29. The lowest BCUT2D eigenvalue weighted by atomic mass is 10.2. The van der Waals surface area contributed by atoms with Gasteiger partial charge >= 0.3 is 0 Å². The molecule has 29 heavy (non-hydrogen) atoms. The lowest BCUT2D eigenvalue weighted by Gasteiger charge is -2.34. The number of aromatic nitrogens is 2. The Morgan fingerprint density at radius 2 is 1.55 bits per heavy atom. The highest BCUT2D eigenvalue weighted by Crippen LogP contribution is 2.23. The van der Waals surface area contributed by atoms with Crippen LogP contribution in [0.2, 0.25) is 0 Å². The molecule has 2 aliphatic rings. The maximum atomic E-state index is 12.8. The Morgan fingerprint density at radius 1 is 0.897 bits per heavy atom. The molecule has 0 aliphatic carbocycles. The van der Waals surface area contributed by atoms with E-state index in [1.54, 1.807) is 22.8 Å². The van der Waals surface area contributed by atoms with E-state index in [-0.39, 0.29) is 11.8 Å². The largest absolute Gasteiger partial charge is 0.372 e. The molecule has 4 rings (SSSR count). The van der Waals surface area contributed by atoms with Gasteiger partial charge in [-0.15, -0.1) is 0 Å². The van der Waals surface area contributed by atoms with E-state index >= 15 is 0 Å². The fraction of sp³-hybridized carbons (Fsp3) is 0.429. The SMILES string of the molecule is CC(=O)N1CCN(C(=O)c2cc(Nc3ccc(N4CCCC4)cc3)ncn2)CC1. The lowest BCUT2D eigenvalue weighted by Crippen LogP contribution is -2.50. The first kappa shape index (κ1) is 19.2. The highest BCUT2D eigenvalue weighted by Gasteiger charge is 2.24. The topological polar surface area (TPSA) is 81.7 Å². The summed E-state index contributed by atoms with van der Waals surface area (Å²) >= 11 is 0. The van der Waals surface area contributed by atoms with E-state index in [1.165, 1.54) is 24.9 Å². The second-order valence-electron chi connectivity index (χ2n) is 7.45. The Bertz CT molecular complexity index is 871. The van der Waals surface area contributed by atoms with Crippen LogP contribution in [-0.2, 0) is 4.79 Å². The Kier molecular flexibility index (Phi) is 5.59. The molecule has 3 heterocycles. The molecule has 0 spiro atoms. The fourth-order valence-electron chi connectivity index (χ4n) is 3.81. The summed E-state index contributed by atoms with van der Waals surface area (Å²) in [6.07, 6.45) is 3.91. The van der Waals surface area contributed by atoms with Gasteiger partial charge in [-0.25, -0.2) is 9.97 Å². The third-order valence-electron chi connectivity index (χ3n) is 5.51. The summed E-state index contributed by atoms with van der Waals surface area (Å²) in [6, 6.07) is 9.94. The van der Waals surface area contributed by atoms with Crippen molar-refractivity contribution in [1.29, 1.82) is 0 Å². The maximum Gasteiger partial charge on any atom is 0.272 e. The molecule has 1 aromatic carbocycles. The average molecular weight is 394 g/mol. The summed E-state index contributed by atoms with van der Waals surface area (Å²) in [4.78, 5) is 38.5. The van der Waals surface area contributed by atoms with Crippen molar-refractivity contribution in [2.24, 2.45) is 0 Å². The lowest BCUT2D eigenvalue weighted by molar-refractivity contribution is -0.130. The minimum absolute atomic E-state index is 0.0429. The van der Waals surface area contributed by atoms with Gasteiger partial charge in [0.25, 0.3) is 5.91 Å². The molecule has 0 radical (unpaired) electrons. The zero-order chi connectivity index (χ0) is 20.2. The minimum Gasteiger partial charge on any atom is -0.372 e. The number of nitrogens with one attached hydrogen (secondary N) is 1. The van der Waals surface area contributed by atoms with Gasteiger partial charge in [-0.05, 0) is 37.1 Å². The summed E-state index contributed by atoms with van der Waals surface area (Å²) in [5.41, 5.74) is 2.50. The van der Waals surface area contributed by atoms with Gasteiger partial charge in [0.2, 0.25) is 5.91 Å². The van der Waals surface area contributed by atoms with E-state index in [0.29, 0.717) is 37.7 Å². The minimum atomic E-state index is -0.136. The van der Waals surface area contributed by atoms with Crippen molar-refractivity contribution in [1.82, 2.24) is 19.8 Å². The van der Waals surface area contributed by atoms with Crippen LogP contribution in [0.5, 0.6) is 0 Å². The molecule has 0 saturated carbocycles. The molecule has 0 bridgehead atoms. The fourth-order valence-corrected chi connectivity index (χ4v) is 3.81. The summed E-state index contributed by atoms with van der Waals surface area (Å²) < 4.78 is 0. The van der Waals surface area contributed by atoms with Crippen LogP contribution in [0.4, 0.5) is 17.2 Å². The number of hydrogen-bond acceptors (Lipinski definition) is 6. The number of anilines is 3. The third-order valence-corrected chi connectivity index (χ3v) is 5.51. The van der Waals surface area contributed by atoms with Crippen LogP contribution in [0.25, 0.3) is 0 Å². The summed E-state index contributed by atoms with van der Waals surface area (Å²) in [6.45, 7) is 5.93. The molecule has 8 heteroatoms. The second-order valence-corrected chi connectivity index (χ2v) is 7.45. The van der Waals surface area contributed by atoms with E-state index in [4.69, 9.17) is 0 Å². The van der Waals surface area contributed by atoms with Crippen molar-refractivity contribution in [2.75, 3.05) is 49.5 Å². The number of benzene rings is 1. The molecule has 2 aromatic rings. The zero-order valence-electron chi connectivity index (χ0n) is 16.7. The van der Waals surface area contributed by atoms with Crippen molar-refractivity contribution >= 4 is 29.0 Å². The molecule has 2 fully saturated rings. The van der Waals surface area contributed by atoms with Crippen LogP contribution < -0.4 is 10.2 Å². The third kappa shape index (κ3) is 4.47. The highest BCUT2D eigenvalue weighted by atomic mass is 16.2. The number of carbonyl (C=O) groups is 2. The van der Waals surface area contributed by atoms with E-state index in [1.807, 2.05) is 12.1 Å². The van der Waals surface area contributed by atoms with Crippen molar-refractivity contribution in [3.63, 3.8) is 0 Å². The van der Waals surface area contributed by atoms with Crippen molar-refractivity contribution in [3.05, 3.63) is 42.4 Å². The Morgan fingerprint density at radius 3 is 2.21 bits per heavy atom. The van der Waals surface area contributed by atoms with Crippen molar-refractivity contribution in [3.8, 4) is 0 Å². The Hall–Kier alpha value is -3.16. The van der Waals surface area contributed by atoms with Crippen LogP contribution in [0, 0.1) is 0 Å². The molecule has 1 aromatic heterocycles. The van der Waals surface area contributed by atoms with Gasteiger partial charge in [0.05, 0.1) is 0 Å². The zero-order valence-corrected chi connectivity index (χ0v) is 16.7. The molecule has 2 saturated heterocycles. The Balaban J connectivity index is 1.39. The predicted octanol–water partition coefficient (Wildman–Crippen LogP) is 2.12. The molecule has 0 atom stereocenters. The first-order chi connectivity index (χ1) is 14.1. The van der Waals surface area contributed by atoms with Gasteiger partial charge in [-0.3, -0.25) is 9.59 Å². The van der Waals surface area contributed by atoms with Crippen LogP contribution in [0.3, 0.4) is 0 Å². The van der Waals surface area contributed by atoms with Gasteiger partial charge in [0.1, 0.15) is 17.8 Å². The van der Waals surface area contributed by atoms with Gasteiger partial charge in [0.15, 0.2) is 0 Å². The second kappa shape index (κ2) is 8.46. The van der Waals surface area contributed by atoms with E-state index < -0.39 is 0 Å². The normalized spacial score (nSPS) is 16.8. The first-order valence-electron chi connectivity index (χ1n) is 10.1. The van der Waals surface area contributed by atoms with Crippen molar-refractivity contribution in [2.45, 2.75) is 19.8 Å². The highest BCUT2D eigenvalue weighted by molar-refractivity contribution is 5.93. The molecule has 8 nitrogen and oxygen atoms in total. The number of nitrogens with zero attached hydrogens (tertiary/aromatic N) is 5. The number of rotatable bonds is 4. The summed E-state index contributed by atoms with van der Waals surface area (Å²) in [5.74, 6) is 0.490. The van der Waals surface area contributed by atoms with Gasteiger partial charge in [-0.2, -0.15) is 0 Å². The summed E-state index contributed by atoms with van der Waals surface area (Å²) in [7, 11) is 0. The summed E-state index contributed by atoms with van der Waals surface area (Å²) in [5, 5.41) is 3.25. The first-order valence-corrected chi connectivity index (χ1v) is 10.1. The maximum absolute atomic E-state index is 12.8. The number of carbonyl (C=O) groups excluding carboxylic acids is 2. The molecule has 0 unspecified atom stereocenters. The monoisotopic (exact) mass is 394 g/mol. The van der Waals surface area contributed by atoms with Crippen molar-refractivity contribution < 1.29 is 9.59 Å². The Labute approximate surface area is 170 Å². The van der Waals surface area contributed by atoms with Crippen LogP contribution in [-0.4, -0.2) is 70.9 Å². The quantitative estimate of drug-likeness (QED) is 0.856. The van der Waals surface area contributed by atoms with Gasteiger partial charge < -0.3 is 20.0 Å². The number of piperazine rings is 1. The predicted molar refractivity (Wildman–Crippen MR) is 111 cm³/mol. The van der Waals surface area contributed by atoms with E-state index in [2.05, 4.69) is 32.3 Å². The number of amides is 2. The molecule has 2 amide bonds. The molecule has 2 aliphatic heterocycles. The van der Waals surface area contributed by atoms with Crippen LogP contribution in [0.1, 0.15) is 30.3 Å². The van der Waals surface area contributed by atoms with E-state index in [9.17, 15) is 9.59 Å². The molecule has 152 valence electrons. The van der Waals surface area contributed by atoms with Gasteiger partial charge in [0, 0.05) is 63.6 Å². The smallest absolute Gasteiger partial charge is 0.272 e. The van der Waals surface area contributed by atoms with Crippen LogP contribution >= 0.6 is 0 Å². The standard InChI is InChI=1S/C21H26N6O2/c1-16(28)25-10-12-27(13-11-25)21(29)19-14-20(23-15-22-19)24-17-4-6-18(7-5-17)26-8-2-3-9-26/h4-7,14-15H,2-3,8-13H2,1H3,(H,22,23,24). The molecule has 1 N–H and O–H groups in total.